The Kier molecular flexibility index (Phi) is 6.61. The van der Waals surface area contributed by atoms with E-state index in [0.29, 0.717) is 38.8 Å². The first-order chi connectivity index (χ1) is 15.5. The van der Waals surface area contributed by atoms with Gasteiger partial charge in [-0.3, -0.25) is 14.2 Å². The van der Waals surface area contributed by atoms with Crippen molar-refractivity contribution in [1.82, 2.24) is 14.4 Å². The van der Waals surface area contributed by atoms with E-state index >= 15 is 0 Å². The molecule has 9 heteroatoms. The fourth-order valence-electron chi connectivity index (χ4n) is 3.59. The number of amides is 1. The minimum atomic E-state index is -0.364. The molecular weight excluding hydrogens is 448 g/mol. The molecule has 7 nitrogen and oxygen atoms in total. The maximum absolute atomic E-state index is 13.3. The van der Waals surface area contributed by atoms with Crippen LogP contribution in [0.2, 0.25) is 5.02 Å². The quantitative estimate of drug-likeness (QED) is 0.583. The van der Waals surface area contributed by atoms with Gasteiger partial charge in [-0.25, -0.2) is 0 Å². The van der Waals surface area contributed by atoms with E-state index in [-0.39, 0.29) is 17.0 Å². The number of likely N-dealkylation sites (N-methyl/N-ethyl adjacent to an activating group) is 1. The van der Waals surface area contributed by atoms with Crippen molar-refractivity contribution in [2.45, 2.75) is 6.92 Å². The topological polar surface area (TPSA) is 82.5 Å². The van der Waals surface area contributed by atoms with Gasteiger partial charge in [0, 0.05) is 37.3 Å². The van der Waals surface area contributed by atoms with E-state index < -0.39 is 0 Å². The van der Waals surface area contributed by atoms with Crippen molar-refractivity contribution in [3.8, 4) is 11.8 Å². The first kappa shape index (κ1) is 22.1. The number of benzene rings is 1. The Morgan fingerprint density at radius 1 is 1.22 bits per heavy atom. The number of carbonyl (C=O) groups excluding carboxylic acids is 1. The number of piperazine rings is 1. The Bertz CT molecular complexity index is 1330. The lowest BCUT2D eigenvalue weighted by atomic mass is 10.2. The Morgan fingerprint density at radius 3 is 2.53 bits per heavy atom. The van der Waals surface area contributed by atoms with Crippen LogP contribution in [-0.4, -0.2) is 53.0 Å². The zero-order valence-corrected chi connectivity index (χ0v) is 19.0. The third-order valence-corrected chi connectivity index (χ3v) is 6.72. The molecule has 0 radical (unpaired) electrons. The number of furan rings is 1. The van der Waals surface area contributed by atoms with Crippen LogP contribution in [0.25, 0.3) is 17.3 Å². The van der Waals surface area contributed by atoms with Crippen LogP contribution in [0.4, 0.5) is 0 Å². The summed E-state index contributed by atoms with van der Waals surface area (Å²) in [7, 11) is 0. The second-order valence-corrected chi connectivity index (χ2v) is 8.73. The molecule has 0 N–H and O–H groups in total. The van der Waals surface area contributed by atoms with Crippen LogP contribution in [0.1, 0.15) is 12.7 Å². The fraction of sp³-hybridized carbons (Fsp3) is 0.261. The van der Waals surface area contributed by atoms with E-state index in [0.717, 1.165) is 31.0 Å². The minimum absolute atomic E-state index is 0.0499. The molecule has 1 aliphatic rings. The summed E-state index contributed by atoms with van der Waals surface area (Å²) >= 11 is 7.12. The predicted molar refractivity (Wildman–Crippen MR) is 124 cm³/mol. The highest BCUT2D eigenvalue weighted by Gasteiger charge is 2.25. The number of nitrogens with zero attached hydrogens (tertiary/aromatic N) is 4. The maximum atomic E-state index is 13.3. The molecule has 3 heterocycles. The molecular formula is C23H21ClN4O3S. The van der Waals surface area contributed by atoms with Gasteiger partial charge in [-0.1, -0.05) is 18.5 Å². The van der Waals surface area contributed by atoms with Crippen LogP contribution in [0, 0.1) is 11.3 Å². The van der Waals surface area contributed by atoms with E-state index in [2.05, 4.69) is 17.9 Å². The smallest absolute Gasteiger partial charge is 0.273 e. The van der Waals surface area contributed by atoms with Gasteiger partial charge < -0.3 is 14.2 Å². The summed E-state index contributed by atoms with van der Waals surface area (Å²) in [5, 5.41) is 10.5. The molecule has 32 heavy (non-hydrogen) atoms. The van der Waals surface area contributed by atoms with Crippen molar-refractivity contribution in [2.24, 2.45) is 0 Å². The van der Waals surface area contributed by atoms with Gasteiger partial charge >= 0.3 is 0 Å². The summed E-state index contributed by atoms with van der Waals surface area (Å²) < 4.78 is 7.40. The Labute approximate surface area is 193 Å². The second kappa shape index (κ2) is 9.57. The van der Waals surface area contributed by atoms with Crippen molar-refractivity contribution < 1.29 is 9.21 Å². The van der Waals surface area contributed by atoms with Crippen molar-refractivity contribution in [3.63, 3.8) is 0 Å². The Morgan fingerprint density at radius 2 is 1.94 bits per heavy atom. The number of rotatable bonds is 4. The number of nitriles is 1. The molecule has 0 bridgehead atoms. The molecule has 1 fully saturated rings. The van der Waals surface area contributed by atoms with E-state index in [1.54, 1.807) is 47.4 Å². The molecule has 0 unspecified atom stereocenters. The minimum Gasteiger partial charge on any atom is -0.465 e. The van der Waals surface area contributed by atoms with E-state index in [9.17, 15) is 14.9 Å². The van der Waals surface area contributed by atoms with Gasteiger partial charge in [0.1, 0.15) is 16.5 Å². The lowest BCUT2D eigenvalue weighted by molar-refractivity contribution is -0.126. The summed E-state index contributed by atoms with van der Waals surface area (Å²) in [6.07, 6.45) is 3.13. The van der Waals surface area contributed by atoms with Crippen LogP contribution in [0.15, 0.2) is 51.9 Å². The van der Waals surface area contributed by atoms with Crippen molar-refractivity contribution >= 4 is 40.5 Å². The normalized spacial score (nSPS) is 16.2. The highest BCUT2D eigenvalue weighted by molar-refractivity contribution is 7.07. The number of hydrogen-bond donors (Lipinski definition) is 0. The van der Waals surface area contributed by atoms with E-state index in [4.69, 9.17) is 16.0 Å². The Hall–Kier alpha value is -3.12. The summed E-state index contributed by atoms with van der Waals surface area (Å²) in [6, 6.07) is 12.2. The van der Waals surface area contributed by atoms with Crippen molar-refractivity contribution in [1.29, 1.82) is 5.26 Å². The van der Waals surface area contributed by atoms with Crippen LogP contribution < -0.4 is 14.8 Å². The Balaban J connectivity index is 1.90. The lowest BCUT2D eigenvalue weighted by Gasteiger charge is -2.33. The number of halogens is 1. The highest BCUT2D eigenvalue weighted by Crippen LogP contribution is 2.12. The standard InChI is InChI=1S/C23H21ClN4O3S/c1-2-26-9-11-27(12-10-26)21(29)19(15-25)23-28(17-7-5-16(24)6-8-17)22(30)20(32-23)14-18-4-3-13-31-18/h3-8,13-14H,2,9-12H2,1H3/b20-14+,23-19-. The van der Waals surface area contributed by atoms with Gasteiger partial charge in [0.05, 0.1) is 16.5 Å². The molecule has 3 aromatic rings. The molecule has 1 aromatic carbocycles. The zero-order valence-electron chi connectivity index (χ0n) is 17.5. The summed E-state index contributed by atoms with van der Waals surface area (Å²) in [6.45, 7) is 5.60. The average molecular weight is 469 g/mol. The first-order valence-corrected chi connectivity index (χ1v) is 11.4. The summed E-state index contributed by atoms with van der Waals surface area (Å²) in [4.78, 5) is 30.5. The first-order valence-electron chi connectivity index (χ1n) is 10.2. The van der Waals surface area contributed by atoms with Gasteiger partial charge in [-0.05, 0) is 42.9 Å². The molecule has 0 spiro atoms. The maximum Gasteiger partial charge on any atom is 0.273 e. The SMILES string of the molecule is CCN1CCN(C(=O)/C(C#N)=c2\s/c(=C/c3ccco3)c(=O)n2-c2ccc(Cl)cc2)CC1. The largest absolute Gasteiger partial charge is 0.465 e. The van der Waals surface area contributed by atoms with Crippen molar-refractivity contribution in [2.75, 3.05) is 32.7 Å². The highest BCUT2D eigenvalue weighted by atomic mass is 35.5. The number of hydrogen-bond acceptors (Lipinski definition) is 6. The lowest BCUT2D eigenvalue weighted by Crippen LogP contribution is -2.49. The van der Waals surface area contributed by atoms with Gasteiger partial charge in [0.25, 0.3) is 11.5 Å². The zero-order chi connectivity index (χ0) is 22.7. The fourth-order valence-corrected chi connectivity index (χ4v) is 4.79. The monoisotopic (exact) mass is 468 g/mol. The number of carbonyl (C=O) groups is 1. The third kappa shape index (κ3) is 4.41. The summed E-state index contributed by atoms with van der Waals surface area (Å²) in [5.41, 5.74) is 0.146. The second-order valence-electron chi connectivity index (χ2n) is 7.26. The van der Waals surface area contributed by atoms with Gasteiger partial charge in [-0.15, -0.1) is 11.3 Å². The van der Waals surface area contributed by atoms with E-state index in [1.807, 2.05) is 0 Å². The van der Waals surface area contributed by atoms with E-state index in [1.165, 1.54) is 10.8 Å². The molecule has 2 aromatic heterocycles. The molecule has 4 rings (SSSR count). The predicted octanol–water partition coefficient (Wildman–Crippen LogP) is 1.81. The third-order valence-electron chi connectivity index (χ3n) is 5.37. The molecule has 0 atom stereocenters. The number of thiazole rings is 1. The molecule has 1 amide bonds. The van der Waals surface area contributed by atoms with Gasteiger partial charge in [0.2, 0.25) is 0 Å². The van der Waals surface area contributed by atoms with Crippen molar-refractivity contribution in [3.05, 3.63) is 73.0 Å². The van der Waals surface area contributed by atoms with Crippen LogP contribution in [0.5, 0.6) is 0 Å². The van der Waals surface area contributed by atoms with Crippen LogP contribution >= 0.6 is 22.9 Å². The van der Waals surface area contributed by atoms with Gasteiger partial charge in [0.15, 0.2) is 5.57 Å². The van der Waals surface area contributed by atoms with Crippen LogP contribution in [-0.2, 0) is 4.79 Å². The molecule has 164 valence electrons. The summed E-state index contributed by atoms with van der Waals surface area (Å²) in [5.74, 6) is 0.149. The molecule has 1 aliphatic heterocycles. The van der Waals surface area contributed by atoms with Crippen LogP contribution in [0.3, 0.4) is 0 Å². The average Bonchev–Trinajstić information content (AvgIpc) is 3.44. The molecule has 1 saturated heterocycles. The number of aromatic nitrogens is 1. The van der Waals surface area contributed by atoms with Gasteiger partial charge in [-0.2, -0.15) is 5.26 Å². The molecule has 0 saturated carbocycles. The molecule has 0 aliphatic carbocycles.